The number of para-hydroxylation sites is 3. The quantitative estimate of drug-likeness (QED) is 0.211. The summed E-state index contributed by atoms with van der Waals surface area (Å²) in [5.74, 6) is 0. The highest BCUT2D eigenvalue weighted by molar-refractivity contribution is 6.19. The standard InChI is InChI=1S/C38H24N4/c1-2-10-29(11-3-1)42-39-34-22-21-26-19-17-25-18-20-28(24-33(25)37(26)38(34)40-42)27-9-8-12-30(23-27)41-35-15-6-4-13-31(35)32-14-5-7-16-36(32)41/h1-24H. The molecule has 0 N–H and O–H groups in total. The number of rotatable bonds is 3. The predicted molar refractivity (Wildman–Crippen MR) is 174 cm³/mol. The van der Waals surface area contributed by atoms with Crippen molar-refractivity contribution in [2.24, 2.45) is 0 Å². The second-order valence-electron chi connectivity index (χ2n) is 10.8. The van der Waals surface area contributed by atoms with Crippen molar-refractivity contribution in [1.82, 2.24) is 19.6 Å². The average Bonchev–Trinajstić information content (AvgIpc) is 3.65. The third kappa shape index (κ3) is 3.42. The first-order valence-corrected chi connectivity index (χ1v) is 14.2. The maximum absolute atomic E-state index is 4.97. The molecule has 0 aliphatic carbocycles. The van der Waals surface area contributed by atoms with E-state index in [0.29, 0.717) is 0 Å². The van der Waals surface area contributed by atoms with E-state index in [9.17, 15) is 0 Å². The number of hydrogen-bond donors (Lipinski definition) is 0. The molecule has 0 spiro atoms. The van der Waals surface area contributed by atoms with Gasteiger partial charge in [-0.05, 0) is 75.8 Å². The predicted octanol–water partition coefficient (Wildman–Crippen LogP) is 9.49. The smallest absolute Gasteiger partial charge is 0.122 e. The SMILES string of the molecule is c1ccc(-n2nc3ccc4ccc5ccc(-c6cccc(-n7c8ccccc8c8ccccc87)c6)cc5c4c3n2)cc1. The molecule has 0 bridgehead atoms. The van der Waals surface area contributed by atoms with Crippen molar-refractivity contribution < 1.29 is 0 Å². The van der Waals surface area contributed by atoms with Crippen molar-refractivity contribution >= 4 is 54.4 Å². The molecule has 2 aromatic heterocycles. The molecular weight excluding hydrogens is 512 g/mol. The molecule has 0 saturated carbocycles. The van der Waals surface area contributed by atoms with Crippen LogP contribution >= 0.6 is 0 Å². The molecule has 0 aliphatic rings. The van der Waals surface area contributed by atoms with Gasteiger partial charge in [-0.3, -0.25) is 0 Å². The van der Waals surface area contributed by atoms with Crippen LogP contribution in [0.15, 0.2) is 146 Å². The van der Waals surface area contributed by atoms with Gasteiger partial charge in [-0.2, -0.15) is 4.80 Å². The van der Waals surface area contributed by atoms with Crippen molar-refractivity contribution in [3.8, 4) is 22.5 Å². The molecule has 4 nitrogen and oxygen atoms in total. The van der Waals surface area contributed by atoms with Gasteiger partial charge >= 0.3 is 0 Å². The Kier molecular flexibility index (Phi) is 4.87. The van der Waals surface area contributed by atoms with Crippen molar-refractivity contribution in [3.05, 3.63) is 146 Å². The van der Waals surface area contributed by atoms with E-state index in [4.69, 9.17) is 10.2 Å². The second kappa shape index (κ2) is 8.88. The van der Waals surface area contributed by atoms with Gasteiger partial charge in [0.15, 0.2) is 0 Å². The van der Waals surface area contributed by atoms with Gasteiger partial charge in [0.2, 0.25) is 0 Å². The van der Waals surface area contributed by atoms with Crippen LogP contribution in [0.1, 0.15) is 0 Å². The zero-order chi connectivity index (χ0) is 27.6. The number of fused-ring (bicyclic) bond motifs is 8. The van der Waals surface area contributed by atoms with Gasteiger partial charge in [0, 0.05) is 21.8 Å². The Morgan fingerprint density at radius 3 is 1.88 bits per heavy atom. The zero-order valence-corrected chi connectivity index (χ0v) is 22.6. The number of aromatic nitrogens is 4. The minimum Gasteiger partial charge on any atom is -0.309 e. The third-order valence-corrected chi connectivity index (χ3v) is 8.36. The molecule has 0 radical (unpaired) electrons. The summed E-state index contributed by atoms with van der Waals surface area (Å²) < 4.78 is 2.37. The van der Waals surface area contributed by atoms with Crippen molar-refractivity contribution in [1.29, 1.82) is 0 Å². The van der Waals surface area contributed by atoms with E-state index in [-0.39, 0.29) is 0 Å². The molecule has 0 unspecified atom stereocenters. The molecule has 0 aliphatic heterocycles. The fourth-order valence-corrected chi connectivity index (χ4v) is 6.40. The summed E-state index contributed by atoms with van der Waals surface area (Å²) in [7, 11) is 0. The lowest BCUT2D eigenvalue weighted by atomic mass is 9.96. The molecule has 9 rings (SSSR count). The van der Waals surface area contributed by atoms with E-state index < -0.39 is 0 Å². The lowest BCUT2D eigenvalue weighted by Gasteiger charge is -2.11. The topological polar surface area (TPSA) is 35.6 Å². The average molecular weight is 537 g/mol. The minimum absolute atomic E-state index is 0.887. The molecule has 0 saturated heterocycles. The lowest BCUT2D eigenvalue weighted by molar-refractivity contribution is 0.766. The van der Waals surface area contributed by atoms with Crippen LogP contribution in [0, 0.1) is 0 Å². The fraction of sp³-hybridized carbons (Fsp3) is 0. The summed E-state index contributed by atoms with van der Waals surface area (Å²) >= 11 is 0. The molecule has 0 atom stereocenters. The van der Waals surface area contributed by atoms with Gasteiger partial charge in [0.05, 0.1) is 16.7 Å². The molecule has 4 heteroatoms. The first-order valence-electron chi connectivity index (χ1n) is 14.2. The summed E-state index contributed by atoms with van der Waals surface area (Å²) in [5, 5.41) is 17.0. The van der Waals surface area contributed by atoms with Gasteiger partial charge in [-0.15, -0.1) is 10.2 Å². The summed E-state index contributed by atoms with van der Waals surface area (Å²) in [4.78, 5) is 1.74. The van der Waals surface area contributed by atoms with Gasteiger partial charge in [-0.1, -0.05) is 97.1 Å². The van der Waals surface area contributed by atoms with Crippen LogP contribution in [0.4, 0.5) is 0 Å². The Morgan fingerprint density at radius 2 is 1.07 bits per heavy atom. The normalized spacial score (nSPS) is 11.8. The van der Waals surface area contributed by atoms with Gasteiger partial charge < -0.3 is 4.57 Å². The Hall–Kier alpha value is -5.74. The number of hydrogen-bond acceptors (Lipinski definition) is 2. The Labute approximate surface area is 241 Å². The molecule has 2 heterocycles. The monoisotopic (exact) mass is 536 g/mol. The lowest BCUT2D eigenvalue weighted by Crippen LogP contribution is -1.97. The van der Waals surface area contributed by atoms with Gasteiger partial charge in [0.25, 0.3) is 0 Å². The van der Waals surface area contributed by atoms with E-state index in [2.05, 4.69) is 120 Å². The Bertz CT molecular complexity index is 2410. The highest BCUT2D eigenvalue weighted by Gasteiger charge is 2.14. The highest BCUT2D eigenvalue weighted by Crippen LogP contribution is 2.36. The molecule has 42 heavy (non-hydrogen) atoms. The Balaban J connectivity index is 1.25. The molecule has 196 valence electrons. The first-order chi connectivity index (χ1) is 20.8. The highest BCUT2D eigenvalue weighted by atomic mass is 15.5. The molecule has 0 fully saturated rings. The third-order valence-electron chi connectivity index (χ3n) is 8.36. The summed E-state index contributed by atoms with van der Waals surface area (Å²) in [6, 6.07) is 51.6. The summed E-state index contributed by atoms with van der Waals surface area (Å²) in [6.07, 6.45) is 0. The van der Waals surface area contributed by atoms with E-state index in [1.54, 1.807) is 4.80 Å². The van der Waals surface area contributed by atoms with Crippen LogP contribution in [0.25, 0.3) is 76.9 Å². The Morgan fingerprint density at radius 1 is 0.429 bits per heavy atom. The maximum Gasteiger partial charge on any atom is 0.122 e. The van der Waals surface area contributed by atoms with Crippen LogP contribution in [0.3, 0.4) is 0 Å². The number of benzene rings is 7. The van der Waals surface area contributed by atoms with Crippen LogP contribution in [0.5, 0.6) is 0 Å². The molecular formula is C38H24N4. The van der Waals surface area contributed by atoms with Crippen LogP contribution < -0.4 is 0 Å². The largest absolute Gasteiger partial charge is 0.309 e. The zero-order valence-electron chi connectivity index (χ0n) is 22.6. The first kappa shape index (κ1) is 23.0. The van der Waals surface area contributed by atoms with Crippen LogP contribution in [-0.4, -0.2) is 19.6 Å². The van der Waals surface area contributed by atoms with E-state index in [0.717, 1.165) is 33.2 Å². The van der Waals surface area contributed by atoms with Crippen molar-refractivity contribution in [2.75, 3.05) is 0 Å². The van der Waals surface area contributed by atoms with Crippen molar-refractivity contribution in [2.45, 2.75) is 0 Å². The molecule has 9 aromatic rings. The number of nitrogens with zero attached hydrogens (tertiary/aromatic N) is 4. The second-order valence-corrected chi connectivity index (χ2v) is 10.8. The van der Waals surface area contributed by atoms with Crippen molar-refractivity contribution in [3.63, 3.8) is 0 Å². The van der Waals surface area contributed by atoms with E-state index in [1.807, 2.05) is 30.3 Å². The van der Waals surface area contributed by atoms with E-state index in [1.165, 1.54) is 43.7 Å². The van der Waals surface area contributed by atoms with E-state index >= 15 is 0 Å². The van der Waals surface area contributed by atoms with Gasteiger partial charge in [-0.25, -0.2) is 0 Å². The summed E-state index contributed by atoms with van der Waals surface area (Å²) in [6.45, 7) is 0. The van der Waals surface area contributed by atoms with Crippen LogP contribution in [-0.2, 0) is 0 Å². The fourth-order valence-electron chi connectivity index (χ4n) is 6.40. The molecule has 7 aromatic carbocycles. The molecule has 0 amide bonds. The maximum atomic E-state index is 4.97. The van der Waals surface area contributed by atoms with Crippen LogP contribution in [0.2, 0.25) is 0 Å². The van der Waals surface area contributed by atoms with Gasteiger partial charge in [0.1, 0.15) is 11.0 Å². The minimum atomic E-state index is 0.887. The summed E-state index contributed by atoms with van der Waals surface area (Å²) in [5.41, 5.74) is 8.67.